The molecule has 0 aromatic carbocycles. The van der Waals surface area contributed by atoms with Gasteiger partial charge < -0.3 is 4.74 Å². The van der Waals surface area contributed by atoms with Crippen LogP contribution in [0.1, 0.15) is 62.4 Å². The largest absolute Gasteiger partial charge is 0.449 e. The van der Waals surface area contributed by atoms with Gasteiger partial charge in [0.1, 0.15) is 0 Å². The zero-order valence-corrected chi connectivity index (χ0v) is 12.6. The number of rotatable bonds is 9. The van der Waals surface area contributed by atoms with Gasteiger partial charge in [-0.25, -0.2) is 4.79 Å². The van der Waals surface area contributed by atoms with Crippen LogP contribution >= 0.6 is 11.5 Å². The lowest BCUT2D eigenvalue weighted by atomic mass is 10.1. The van der Waals surface area contributed by atoms with Crippen LogP contribution in [0.5, 0.6) is 0 Å². The Bertz CT molecular complexity index is 396. The molecular formula is C13H21N3O3S. The predicted molar refractivity (Wildman–Crippen MR) is 76.7 cm³/mol. The standard InChI is InChI=1S/C13H21N3O3S/c1-2-3-4-5-6-7-8-9-19-13(18)14-12(17)11-10-20-16-15-11/h10H,2-9H2,1H3,(H,14,17,18). The highest BCUT2D eigenvalue weighted by Gasteiger charge is 2.13. The van der Waals surface area contributed by atoms with E-state index in [0.29, 0.717) is 6.61 Å². The number of nitrogens with one attached hydrogen (secondary N) is 1. The molecule has 2 amide bonds. The fourth-order valence-corrected chi connectivity index (χ4v) is 2.12. The average Bonchev–Trinajstić information content (AvgIpc) is 2.96. The van der Waals surface area contributed by atoms with Crippen molar-refractivity contribution in [1.82, 2.24) is 14.9 Å². The molecule has 0 spiro atoms. The van der Waals surface area contributed by atoms with Crippen molar-refractivity contribution in [3.8, 4) is 0 Å². The van der Waals surface area contributed by atoms with Gasteiger partial charge in [0.25, 0.3) is 5.91 Å². The second-order valence-corrected chi connectivity index (χ2v) is 5.11. The minimum atomic E-state index is -0.728. The van der Waals surface area contributed by atoms with Crippen LogP contribution in [0.25, 0.3) is 0 Å². The van der Waals surface area contributed by atoms with Crippen molar-refractivity contribution in [2.45, 2.75) is 51.9 Å². The summed E-state index contributed by atoms with van der Waals surface area (Å²) < 4.78 is 8.47. The van der Waals surface area contributed by atoms with Gasteiger partial charge in [0.15, 0.2) is 5.69 Å². The Hall–Kier alpha value is -1.50. The van der Waals surface area contributed by atoms with E-state index in [9.17, 15) is 9.59 Å². The first kappa shape index (κ1) is 16.6. The summed E-state index contributed by atoms with van der Waals surface area (Å²) in [5.74, 6) is -0.580. The van der Waals surface area contributed by atoms with Crippen LogP contribution in [-0.2, 0) is 4.74 Å². The van der Waals surface area contributed by atoms with Gasteiger partial charge in [-0.1, -0.05) is 49.9 Å². The Morgan fingerprint density at radius 2 is 1.90 bits per heavy atom. The van der Waals surface area contributed by atoms with Gasteiger partial charge in [0.05, 0.1) is 6.61 Å². The van der Waals surface area contributed by atoms with Crippen molar-refractivity contribution < 1.29 is 14.3 Å². The third kappa shape index (κ3) is 7.18. The predicted octanol–water partition coefficient (Wildman–Crippen LogP) is 3.16. The summed E-state index contributed by atoms with van der Waals surface area (Å²) in [5.41, 5.74) is 0.128. The number of unbranched alkanes of at least 4 members (excludes halogenated alkanes) is 6. The smallest absolute Gasteiger partial charge is 0.414 e. The van der Waals surface area contributed by atoms with E-state index in [4.69, 9.17) is 4.74 Å². The molecule has 0 aliphatic carbocycles. The molecule has 0 bridgehead atoms. The van der Waals surface area contributed by atoms with Crippen molar-refractivity contribution in [2.75, 3.05) is 6.61 Å². The van der Waals surface area contributed by atoms with Crippen molar-refractivity contribution >= 4 is 23.5 Å². The molecule has 0 unspecified atom stereocenters. The molecule has 6 nitrogen and oxygen atoms in total. The summed E-state index contributed by atoms with van der Waals surface area (Å²) in [4.78, 5) is 22.8. The van der Waals surface area contributed by atoms with E-state index in [1.165, 1.54) is 31.1 Å². The lowest BCUT2D eigenvalue weighted by Gasteiger charge is -2.05. The lowest BCUT2D eigenvalue weighted by molar-refractivity contribution is 0.0913. The van der Waals surface area contributed by atoms with E-state index < -0.39 is 12.0 Å². The molecule has 112 valence electrons. The normalized spacial score (nSPS) is 10.2. The van der Waals surface area contributed by atoms with Gasteiger partial charge in [-0.2, -0.15) is 0 Å². The summed E-state index contributed by atoms with van der Waals surface area (Å²) >= 11 is 1.05. The van der Waals surface area contributed by atoms with Gasteiger partial charge in [-0.15, -0.1) is 5.10 Å². The zero-order valence-electron chi connectivity index (χ0n) is 11.8. The Morgan fingerprint density at radius 3 is 2.55 bits per heavy atom. The van der Waals surface area contributed by atoms with E-state index in [-0.39, 0.29) is 5.69 Å². The summed E-state index contributed by atoms with van der Waals surface area (Å²) in [6.07, 6.45) is 7.33. The molecule has 1 rings (SSSR count). The molecule has 0 fully saturated rings. The highest BCUT2D eigenvalue weighted by atomic mass is 32.1. The molecule has 0 aliphatic heterocycles. The Kier molecular flexibility index (Phi) is 8.53. The van der Waals surface area contributed by atoms with Gasteiger partial charge >= 0.3 is 6.09 Å². The van der Waals surface area contributed by atoms with E-state index in [2.05, 4.69) is 21.8 Å². The number of hydrogen-bond donors (Lipinski definition) is 1. The average molecular weight is 299 g/mol. The molecule has 7 heteroatoms. The lowest BCUT2D eigenvalue weighted by Crippen LogP contribution is -2.31. The molecule has 1 heterocycles. The summed E-state index contributed by atoms with van der Waals surface area (Å²) in [6.45, 7) is 2.53. The zero-order chi connectivity index (χ0) is 14.6. The first-order valence-electron chi connectivity index (χ1n) is 6.99. The van der Waals surface area contributed by atoms with Crippen LogP contribution in [0.2, 0.25) is 0 Å². The quantitative estimate of drug-likeness (QED) is 0.708. The maximum atomic E-state index is 11.4. The first-order chi connectivity index (χ1) is 9.74. The van der Waals surface area contributed by atoms with Gasteiger partial charge in [0.2, 0.25) is 0 Å². The van der Waals surface area contributed by atoms with E-state index in [1.54, 1.807) is 0 Å². The Morgan fingerprint density at radius 1 is 1.20 bits per heavy atom. The first-order valence-corrected chi connectivity index (χ1v) is 7.83. The highest BCUT2D eigenvalue weighted by Crippen LogP contribution is 2.06. The van der Waals surface area contributed by atoms with E-state index in [0.717, 1.165) is 30.8 Å². The number of aromatic nitrogens is 2. The molecule has 0 atom stereocenters. The summed E-state index contributed by atoms with van der Waals surface area (Å²) in [7, 11) is 0. The van der Waals surface area contributed by atoms with Gasteiger partial charge in [-0.05, 0) is 18.0 Å². The fourth-order valence-electron chi connectivity index (χ4n) is 1.68. The molecule has 0 radical (unpaired) electrons. The third-order valence-corrected chi connectivity index (χ3v) is 3.29. The number of hydrogen-bond acceptors (Lipinski definition) is 6. The minimum Gasteiger partial charge on any atom is -0.449 e. The molecule has 0 aliphatic rings. The third-order valence-electron chi connectivity index (χ3n) is 2.79. The topological polar surface area (TPSA) is 81.2 Å². The maximum Gasteiger partial charge on any atom is 0.414 e. The van der Waals surface area contributed by atoms with Crippen LogP contribution in [0, 0.1) is 0 Å². The van der Waals surface area contributed by atoms with Crippen LogP contribution in [-0.4, -0.2) is 28.2 Å². The monoisotopic (exact) mass is 299 g/mol. The maximum absolute atomic E-state index is 11.4. The summed E-state index contributed by atoms with van der Waals surface area (Å²) in [6, 6.07) is 0. The molecule has 0 saturated carbocycles. The second kappa shape index (κ2) is 10.3. The number of carbonyl (C=O) groups excluding carboxylic acids is 2. The fraction of sp³-hybridized carbons (Fsp3) is 0.692. The van der Waals surface area contributed by atoms with Crippen LogP contribution in [0.15, 0.2) is 5.38 Å². The number of nitrogens with zero attached hydrogens (tertiary/aromatic N) is 2. The van der Waals surface area contributed by atoms with Crippen LogP contribution in [0.4, 0.5) is 4.79 Å². The van der Waals surface area contributed by atoms with Crippen molar-refractivity contribution in [3.05, 3.63) is 11.1 Å². The van der Waals surface area contributed by atoms with Gasteiger partial charge in [-0.3, -0.25) is 10.1 Å². The molecular weight excluding hydrogens is 278 g/mol. The minimum absolute atomic E-state index is 0.128. The van der Waals surface area contributed by atoms with Crippen molar-refractivity contribution in [1.29, 1.82) is 0 Å². The molecule has 0 saturated heterocycles. The van der Waals surface area contributed by atoms with E-state index in [1.807, 2.05) is 0 Å². The molecule has 1 aromatic heterocycles. The van der Waals surface area contributed by atoms with E-state index >= 15 is 0 Å². The molecule has 20 heavy (non-hydrogen) atoms. The van der Waals surface area contributed by atoms with Crippen molar-refractivity contribution in [3.63, 3.8) is 0 Å². The number of imide groups is 1. The van der Waals surface area contributed by atoms with Crippen LogP contribution in [0.3, 0.4) is 0 Å². The van der Waals surface area contributed by atoms with Crippen molar-refractivity contribution in [2.24, 2.45) is 0 Å². The number of alkyl carbamates (subject to hydrolysis) is 1. The highest BCUT2D eigenvalue weighted by molar-refractivity contribution is 7.03. The number of amides is 2. The van der Waals surface area contributed by atoms with Gasteiger partial charge in [0, 0.05) is 5.38 Å². The SMILES string of the molecule is CCCCCCCCCOC(=O)NC(=O)c1csnn1. The molecule has 1 N–H and O–H groups in total. The number of carbonyl (C=O) groups is 2. The Labute approximate surface area is 123 Å². The Balaban J connectivity index is 1.99. The number of ether oxygens (including phenoxy) is 1. The summed E-state index contributed by atoms with van der Waals surface area (Å²) in [5, 5.41) is 7.14. The van der Waals surface area contributed by atoms with Crippen LogP contribution < -0.4 is 5.32 Å². The second-order valence-electron chi connectivity index (χ2n) is 4.50. The molecule has 1 aromatic rings.